The monoisotopic (exact) mass is 380 g/mol. The van der Waals surface area contributed by atoms with Gasteiger partial charge in [-0.25, -0.2) is 0 Å². The van der Waals surface area contributed by atoms with E-state index in [-0.39, 0.29) is 10.6 Å². The van der Waals surface area contributed by atoms with Crippen LogP contribution in [0.25, 0.3) is 5.57 Å². The van der Waals surface area contributed by atoms with E-state index in [2.05, 4.69) is 35.5 Å². The van der Waals surface area contributed by atoms with Crippen molar-refractivity contribution in [1.82, 2.24) is 0 Å². The molecule has 0 saturated heterocycles. The molecule has 5 heteroatoms. The molecule has 0 aromatic heterocycles. The standard InChI is InChI=1S/C20H18N2O2S.C2H6/c1-14-10-11-16-15(14)12-13-21(18-7-3-2-6-17(16)18)25-20-9-5-4-8-19(20)22(23)24;1-2/h2-10H,11-13H2,1H3;1-2H3. The number of fused-ring (bicyclic) bond motifs is 2. The second-order valence-corrected chi connectivity index (χ2v) is 7.30. The molecule has 2 aromatic rings. The molecule has 0 unspecified atom stereocenters. The van der Waals surface area contributed by atoms with Gasteiger partial charge in [-0.15, -0.1) is 0 Å². The van der Waals surface area contributed by atoms with Gasteiger partial charge >= 0.3 is 0 Å². The van der Waals surface area contributed by atoms with Crippen molar-refractivity contribution >= 4 is 28.9 Å². The van der Waals surface area contributed by atoms with E-state index in [9.17, 15) is 10.1 Å². The zero-order valence-electron chi connectivity index (χ0n) is 15.9. The molecular weight excluding hydrogens is 356 g/mol. The summed E-state index contributed by atoms with van der Waals surface area (Å²) in [5, 5.41) is 11.3. The lowest BCUT2D eigenvalue weighted by atomic mass is 9.98. The number of hydrogen-bond donors (Lipinski definition) is 0. The lowest BCUT2D eigenvalue weighted by Gasteiger charge is -2.24. The van der Waals surface area contributed by atoms with Crippen molar-refractivity contribution in [1.29, 1.82) is 0 Å². The highest BCUT2D eigenvalue weighted by molar-refractivity contribution is 8.00. The number of nitro groups is 1. The normalized spacial score (nSPS) is 15.2. The first-order valence-corrected chi connectivity index (χ1v) is 10.1. The first-order valence-electron chi connectivity index (χ1n) is 9.32. The Balaban J connectivity index is 0.00000102. The minimum Gasteiger partial charge on any atom is -0.311 e. The van der Waals surface area contributed by atoms with Crippen LogP contribution in [-0.2, 0) is 0 Å². The van der Waals surface area contributed by atoms with E-state index in [1.54, 1.807) is 12.1 Å². The van der Waals surface area contributed by atoms with Gasteiger partial charge in [-0.05, 0) is 55.0 Å². The van der Waals surface area contributed by atoms with Crippen LogP contribution in [0, 0.1) is 10.1 Å². The number of nitro benzene ring substituents is 1. The summed E-state index contributed by atoms with van der Waals surface area (Å²) in [7, 11) is 0. The van der Waals surface area contributed by atoms with Gasteiger partial charge in [0, 0.05) is 18.2 Å². The number of allylic oxidation sites excluding steroid dienone is 3. The van der Waals surface area contributed by atoms with Gasteiger partial charge in [-0.3, -0.25) is 10.1 Å². The second kappa shape index (κ2) is 8.44. The van der Waals surface area contributed by atoms with Gasteiger partial charge in [-0.1, -0.05) is 55.8 Å². The smallest absolute Gasteiger partial charge is 0.284 e. The van der Waals surface area contributed by atoms with Crippen molar-refractivity contribution in [3.05, 3.63) is 81.4 Å². The molecule has 1 heterocycles. The summed E-state index contributed by atoms with van der Waals surface area (Å²) >= 11 is 1.46. The fourth-order valence-corrected chi connectivity index (χ4v) is 4.59. The van der Waals surface area contributed by atoms with Crippen LogP contribution in [0.2, 0.25) is 0 Å². The summed E-state index contributed by atoms with van der Waals surface area (Å²) in [6, 6.07) is 15.3. The third kappa shape index (κ3) is 3.78. The molecule has 0 atom stereocenters. The van der Waals surface area contributed by atoms with Crippen molar-refractivity contribution < 1.29 is 4.92 Å². The van der Waals surface area contributed by atoms with Crippen LogP contribution >= 0.6 is 11.9 Å². The lowest BCUT2D eigenvalue weighted by molar-refractivity contribution is -0.387. The number of nitrogens with zero attached hydrogens (tertiary/aromatic N) is 2. The molecule has 0 radical (unpaired) electrons. The van der Waals surface area contributed by atoms with E-state index in [0.717, 1.165) is 25.1 Å². The lowest BCUT2D eigenvalue weighted by Crippen LogP contribution is -2.16. The fourth-order valence-electron chi connectivity index (χ4n) is 3.54. The summed E-state index contributed by atoms with van der Waals surface area (Å²) in [6.07, 6.45) is 4.23. The molecule has 0 amide bonds. The topological polar surface area (TPSA) is 46.4 Å². The number of para-hydroxylation sites is 2. The second-order valence-electron chi connectivity index (χ2n) is 6.23. The largest absolute Gasteiger partial charge is 0.311 e. The molecular formula is C22H24N2O2S. The van der Waals surface area contributed by atoms with Crippen LogP contribution in [0.1, 0.15) is 39.2 Å². The Morgan fingerprint density at radius 3 is 2.52 bits per heavy atom. The van der Waals surface area contributed by atoms with Crippen LogP contribution in [-0.4, -0.2) is 11.5 Å². The molecule has 0 spiro atoms. The van der Waals surface area contributed by atoms with E-state index in [1.807, 2.05) is 32.0 Å². The van der Waals surface area contributed by atoms with Crippen molar-refractivity contribution in [2.45, 2.75) is 38.5 Å². The number of rotatable bonds is 3. The van der Waals surface area contributed by atoms with Crippen LogP contribution in [0.4, 0.5) is 11.4 Å². The molecule has 140 valence electrons. The van der Waals surface area contributed by atoms with E-state index < -0.39 is 0 Å². The molecule has 2 aliphatic rings. The van der Waals surface area contributed by atoms with Gasteiger partial charge in [0.1, 0.15) is 4.90 Å². The average molecular weight is 381 g/mol. The number of hydrogen-bond acceptors (Lipinski definition) is 4. The molecule has 4 nitrogen and oxygen atoms in total. The Labute approximate surface area is 164 Å². The number of anilines is 1. The van der Waals surface area contributed by atoms with Gasteiger partial charge in [0.25, 0.3) is 5.69 Å². The Kier molecular flexibility index (Phi) is 6.01. The van der Waals surface area contributed by atoms with Gasteiger partial charge in [0.2, 0.25) is 0 Å². The van der Waals surface area contributed by atoms with Crippen LogP contribution in [0.15, 0.2) is 70.6 Å². The molecule has 4 rings (SSSR count). The Hall–Kier alpha value is -2.53. The van der Waals surface area contributed by atoms with E-state index in [0.29, 0.717) is 4.90 Å². The predicted molar refractivity (Wildman–Crippen MR) is 114 cm³/mol. The highest BCUT2D eigenvalue weighted by Gasteiger charge is 2.26. The molecule has 1 aliphatic heterocycles. The highest BCUT2D eigenvalue weighted by Crippen LogP contribution is 2.45. The summed E-state index contributed by atoms with van der Waals surface area (Å²) < 4.78 is 2.20. The number of benzene rings is 2. The Bertz CT molecular complexity index is 918. The average Bonchev–Trinajstić information content (AvgIpc) is 2.99. The van der Waals surface area contributed by atoms with Crippen molar-refractivity contribution in [2.75, 3.05) is 10.8 Å². The Morgan fingerprint density at radius 2 is 1.74 bits per heavy atom. The van der Waals surface area contributed by atoms with E-state index in [4.69, 9.17) is 0 Å². The van der Waals surface area contributed by atoms with Crippen molar-refractivity contribution in [3.63, 3.8) is 0 Å². The SMILES string of the molecule is CC.CC1=CCC2=C1CCN(Sc1ccccc1[N+](=O)[O-])c1ccccc12. The molecule has 1 aliphatic carbocycles. The molecule has 27 heavy (non-hydrogen) atoms. The maximum absolute atomic E-state index is 11.3. The first-order chi connectivity index (χ1) is 13.1. The van der Waals surface area contributed by atoms with Gasteiger partial charge in [0.05, 0.1) is 10.6 Å². The molecule has 0 N–H and O–H groups in total. The predicted octanol–water partition coefficient (Wildman–Crippen LogP) is 6.64. The van der Waals surface area contributed by atoms with Crippen molar-refractivity contribution in [3.8, 4) is 0 Å². The Morgan fingerprint density at radius 1 is 1.04 bits per heavy atom. The zero-order chi connectivity index (χ0) is 19.4. The minimum absolute atomic E-state index is 0.158. The fraction of sp³-hybridized carbons (Fsp3) is 0.273. The molecule has 0 bridgehead atoms. The maximum Gasteiger partial charge on any atom is 0.284 e. The summed E-state index contributed by atoms with van der Waals surface area (Å²) in [5.41, 5.74) is 6.73. The summed E-state index contributed by atoms with van der Waals surface area (Å²) in [6.45, 7) is 7.01. The third-order valence-corrected chi connectivity index (χ3v) is 5.93. The van der Waals surface area contributed by atoms with Gasteiger partial charge < -0.3 is 4.31 Å². The van der Waals surface area contributed by atoms with Gasteiger partial charge in [-0.2, -0.15) is 0 Å². The van der Waals surface area contributed by atoms with Crippen LogP contribution in [0.3, 0.4) is 0 Å². The summed E-state index contributed by atoms with van der Waals surface area (Å²) in [4.78, 5) is 11.7. The third-order valence-electron chi connectivity index (χ3n) is 4.79. The van der Waals surface area contributed by atoms with Crippen LogP contribution < -0.4 is 4.31 Å². The van der Waals surface area contributed by atoms with Gasteiger partial charge in [0.15, 0.2) is 0 Å². The summed E-state index contributed by atoms with van der Waals surface area (Å²) in [5.74, 6) is 0. The zero-order valence-corrected chi connectivity index (χ0v) is 16.8. The molecule has 0 saturated carbocycles. The minimum atomic E-state index is -0.308. The van der Waals surface area contributed by atoms with Crippen molar-refractivity contribution in [2.24, 2.45) is 0 Å². The molecule has 0 fully saturated rings. The quantitative estimate of drug-likeness (QED) is 0.340. The molecule has 2 aromatic carbocycles. The van der Waals surface area contributed by atoms with Crippen LogP contribution in [0.5, 0.6) is 0 Å². The van der Waals surface area contributed by atoms with E-state index in [1.165, 1.54) is 34.2 Å². The maximum atomic E-state index is 11.3. The first kappa shape index (κ1) is 19.2. The van der Waals surface area contributed by atoms with E-state index >= 15 is 0 Å². The highest BCUT2D eigenvalue weighted by atomic mass is 32.2.